The highest BCUT2D eigenvalue weighted by Crippen LogP contribution is 2.33. The van der Waals surface area contributed by atoms with Gasteiger partial charge in [-0.15, -0.1) is 0 Å². The van der Waals surface area contributed by atoms with E-state index < -0.39 is 8.07 Å². The van der Waals surface area contributed by atoms with Crippen LogP contribution in [0.25, 0.3) is 38.6 Å². The molecule has 0 fully saturated rings. The van der Waals surface area contributed by atoms with E-state index in [0.717, 1.165) is 38.6 Å². The maximum Gasteiger partial charge on any atom is 0.179 e. The Morgan fingerprint density at radius 3 is 1.62 bits per heavy atom. The molecule has 8 aromatic rings. The highest BCUT2D eigenvalue weighted by Gasteiger charge is 2.41. The van der Waals surface area contributed by atoms with E-state index in [1.807, 2.05) is 36.4 Å². The first-order chi connectivity index (χ1) is 23.7. The number of benzene rings is 7. The van der Waals surface area contributed by atoms with Gasteiger partial charge in [-0.05, 0) is 80.4 Å². The van der Waals surface area contributed by atoms with E-state index in [1.165, 1.54) is 20.7 Å². The molecule has 0 N–H and O–H groups in total. The van der Waals surface area contributed by atoms with Gasteiger partial charge in [-0.2, -0.15) is 10.5 Å². The first kappa shape index (κ1) is 29.0. The van der Waals surface area contributed by atoms with Gasteiger partial charge < -0.3 is 4.57 Å². The number of hydrogen-bond donors (Lipinski definition) is 0. The minimum atomic E-state index is -2.76. The van der Waals surface area contributed by atoms with Crippen molar-refractivity contribution in [1.82, 2.24) is 4.57 Å². The summed E-state index contributed by atoms with van der Waals surface area (Å²) in [5.41, 5.74) is 6.86. The molecule has 4 heteroatoms. The lowest BCUT2D eigenvalue weighted by molar-refractivity contribution is 1.18. The zero-order valence-corrected chi connectivity index (χ0v) is 27.1. The second kappa shape index (κ2) is 12.0. The zero-order chi connectivity index (χ0) is 32.5. The SMILES string of the molecule is N#Cc1ccc([Si](c2ccccc2)(c2ccccc2)c2cccc(-c3ccc(-n4c5ccccc5c5cc(C#N)ccc54)cc3)c2)cc1. The molecule has 0 aliphatic rings. The van der Waals surface area contributed by atoms with Crippen molar-refractivity contribution in [3.8, 4) is 29.0 Å². The van der Waals surface area contributed by atoms with Crippen LogP contribution in [0.5, 0.6) is 0 Å². The number of nitrogens with zero attached hydrogens (tertiary/aromatic N) is 3. The summed E-state index contributed by atoms with van der Waals surface area (Å²) in [6.45, 7) is 0. The molecule has 0 aliphatic carbocycles. The first-order valence-corrected chi connectivity index (χ1v) is 18.0. The average molecular weight is 628 g/mol. The predicted octanol–water partition coefficient (Wildman–Crippen LogP) is 7.57. The molecule has 1 heterocycles. The Bertz CT molecular complexity index is 2460. The van der Waals surface area contributed by atoms with Crippen LogP contribution >= 0.6 is 0 Å². The number of fused-ring (bicyclic) bond motifs is 3. The zero-order valence-electron chi connectivity index (χ0n) is 26.1. The van der Waals surface area contributed by atoms with E-state index in [9.17, 15) is 10.5 Å². The number of nitriles is 2. The molecule has 224 valence electrons. The third-order valence-corrected chi connectivity index (χ3v) is 14.2. The molecule has 0 saturated heterocycles. The number of para-hydroxylation sites is 1. The van der Waals surface area contributed by atoms with Crippen molar-refractivity contribution in [3.63, 3.8) is 0 Å². The molecular weight excluding hydrogens is 599 g/mol. The Hall–Kier alpha value is -6.46. The van der Waals surface area contributed by atoms with Gasteiger partial charge in [0.15, 0.2) is 8.07 Å². The molecule has 8 rings (SSSR count). The van der Waals surface area contributed by atoms with Crippen molar-refractivity contribution >= 4 is 50.6 Å². The molecule has 0 atom stereocenters. The van der Waals surface area contributed by atoms with Gasteiger partial charge in [0, 0.05) is 16.5 Å². The molecule has 0 spiro atoms. The summed E-state index contributed by atoms with van der Waals surface area (Å²) < 4.78 is 2.28. The lowest BCUT2D eigenvalue weighted by Gasteiger charge is -2.34. The summed E-state index contributed by atoms with van der Waals surface area (Å²) in [5.74, 6) is 0. The highest BCUT2D eigenvalue weighted by molar-refractivity contribution is 7.19. The summed E-state index contributed by atoms with van der Waals surface area (Å²) in [6, 6.07) is 66.5. The number of hydrogen-bond acceptors (Lipinski definition) is 2. The van der Waals surface area contributed by atoms with Gasteiger partial charge in [0.2, 0.25) is 0 Å². The van der Waals surface area contributed by atoms with E-state index in [-0.39, 0.29) is 0 Å². The van der Waals surface area contributed by atoms with Gasteiger partial charge in [-0.1, -0.05) is 127 Å². The van der Waals surface area contributed by atoms with Gasteiger partial charge in [0.25, 0.3) is 0 Å². The van der Waals surface area contributed by atoms with Crippen LogP contribution < -0.4 is 20.7 Å². The number of aromatic nitrogens is 1. The molecule has 0 amide bonds. The topological polar surface area (TPSA) is 52.5 Å². The normalized spacial score (nSPS) is 11.3. The summed E-state index contributed by atoms with van der Waals surface area (Å²) in [4.78, 5) is 0. The van der Waals surface area contributed by atoms with Crippen molar-refractivity contribution in [2.75, 3.05) is 0 Å². The van der Waals surface area contributed by atoms with Crippen molar-refractivity contribution in [1.29, 1.82) is 10.5 Å². The minimum absolute atomic E-state index is 0.658. The van der Waals surface area contributed by atoms with Gasteiger partial charge >= 0.3 is 0 Å². The van der Waals surface area contributed by atoms with Crippen molar-refractivity contribution in [3.05, 3.63) is 187 Å². The van der Waals surface area contributed by atoms with Crippen LogP contribution in [0.4, 0.5) is 0 Å². The molecule has 48 heavy (non-hydrogen) atoms. The number of rotatable bonds is 6. The van der Waals surface area contributed by atoms with Crippen molar-refractivity contribution < 1.29 is 0 Å². The van der Waals surface area contributed by atoms with Crippen LogP contribution in [0, 0.1) is 22.7 Å². The summed E-state index contributed by atoms with van der Waals surface area (Å²) in [5, 5.41) is 26.5. The summed E-state index contributed by atoms with van der Waals surface area (Å²) in [7, 11) is -2.76. The van der Waals surface area contributed by atoms with Crippen LogP contribution in [-0.4, -0.2) is 12.6 Å². The molecule has 0 bridgehead atoms. The van der Waals surface area contributed by atoms with Gasteiger partial charge in [0.05, 0.1) is 34.3 Å². The third kappa shape index (κ3) is 4.72. The molecule has 0 aliphatic heterocycles. The lowest BCUT2D eigenvalue weighted by Crippen LogP contribution is -2.74. The molecule has 0 unspecified atom stereocenters. The van der Waals surface area contributed by atoms with Crippen LogP contribution in [0.15, 0.2) is 176 Å². The van der Waals surface area contributed by atoms with Crippen LogP contribution in [0.1, 0.15) is 11.1 Å². The van der Waals surface area contributed by atoms with Gasteiger partial charge in [0.1, 0.15) is 0 Å². The molecule has 7 aromatic carbocycles. The maximum absolute atomic E-state index is 9.60. The Morgan fingerprint density at radius 1 is 0.396 bits per heavy atom. The van der Waals surface area contributed by atoms with Gasteiger partial charge in [-0.25, -0.2) is 0 Å². The second-order valence-electron chi connectivity index (χ2n) is 12.0. The fraction of sp³-hybridized carbons (Fsp3) is 0. The van der Waals surface area contributed by atoms with E-state index in [2.05, 4.69) is 156 Å². The van der Waals surface area contributed by atoms with Crippen LogP contribution in [0.3, 0.4) is 0 Å². The van der Waals surface area contributed by atoms with Crippen LogP contribution in [-0.2, 0) is 0 Å². The monoisotopic (exact) mass is 627 g/mol. The largest absolute Gasteiger partial charge is 0.309 e. The standard InChI is InChI=1S/C44H29N3Si/c45-30-32-18-25-39(26-19-32)48(37-11-3-1-4-12-37,38-13-5-2-6-14-38)40-15-9-10-35(29-40)34-21-23-36(24-22-34)47-43-17-8-7-16-41(43)42-28-33(31-46)20-27-44(42)47/h1-29H. The van der Waals surface area contributed by atoms with E-state index in [1.54, 1.807) is 0 Å². The Balaban J connectivity index is 1.29. The quantitative estimate of drug-likeness (QED) is 0.141. The minimum Gasteiger partial charge on any atom is -0.309 e. The Kier molecular flexibility index (Phi) is 7.27. The maximum atomic E-state index is 9.60. The third-order valence-electron chi connectivity index (χ3n) is 9.42. The molecule has 0 saturated carbocycles. The molecule has 1 aromatic heterocycles. The lowest BCUT2D eigenvalue weighted by atomic mass is 10.1. The van der Waals surface area contributed by atoms with E-state index in [4.69, 9.17) is 0 Å². The summed E-state index contributed by atoms with van der Waals surface area (Å²) >= 11 is 0. The fourth-order valence-electron chi connectivity index (χ4n) is 7.23. The van der Waals surface area contributed by atoms with Crippen molar-refractivity contribution in [2.45, 2.75) is 0 Å². The van der Waals surface area contributed by atoms with Crippen LogP contribution in [0.2, 0.25) is 0 Å². The Labute approximate surface area is 280 Å². The van der Waals surface area contributed by atoms with Crippen molar-refractivity contribution in [2.24, 2.45) is 0 Å². The predicted molar refractivity (Wildman–Crippen MR) is 199 cm³/mol. The smallest absolute Gasteiger partial charge is 0.179 e. The summed E-state index contributed by atoms with van der Waals surface area (Å²) in [6.07, 6.45) is 0. The molecular formula is C44H29N3Si. The van der Waals surface area contributed by atoms with Gasteiger partial charge in [-0.3, -0.25) is 0 Å². The highest BCUT2D eigenvalue weighted by atomic mass is 28.3. The fourth-order valence-corrected chi connectivity index (χ4v) is 12.0. The second-order valence-corrected chi connectivity index (χ2v) is 15.8. The first-order valence-electron chi connectivity index (χ1n) is 16.0. The van der Waals surface area contributed by atoms with E-state index in [0.29, 0.717) is 11.1 Å². The average Bonchev–Trinajstić information content (AvgIpc) is 3.50. The Morgan fingerprint density at radius 2 is 0.958 bits per heavy atom. The molecule has 3 nitrogen and oxygen atoms in total. The van der Waals surface area contributed by atoms with E-state index >= 15 is 0 Å². The molecule has 0 radical (unpaired) electrons.